The molecule has 0 spiro atoms. The van der Waals surface area contributed by atoms with Gasteiger partial charge < -0.3 is 5.32 Å². The average molecular weight is 383 g/mol. The normalized spacial score (nSPS) is 30.2. The standard InChI is InChI=1S/C22H23F2N3O/c1-21(2)14-8-9-22(21,12-6-7-18(28)25-11-12)20-13(14)10-17(26-27-20)19-15(23)4-3-5-16(19)24/h3-5,10,12,14H,6-9,11H2,1-2H3,(H,25,28)/t12?,14-,22-/m0/s1. The Morgan fingerprint density at radius 1 is 1.14 bits per heavy atom. The summed E-state index contributed by atoms with van der Waals surface area (Å²) in [7, 11) is 0. The van der Waals surface area contributed by atoms with Gasteiger partial charge in [-0.1, -0.05) is 19.9 Å². The van der Waals surface area contributed by atoms with Gasteiger partial charge in [-0.15, -0.1) is 0 Å². The van der Waals surface area contributed by atoms with Gasteiger partial charge in [0.1, 0.15) is 11.6 Å². The van der Waals surface area contributed by atoms with E-state index in [9.17, 15) is 13.6 Å². The summed E-state index contributed by atoms with van der Waals surface area (Å²) in [5.74, 6) is -0.557. The Morgan fingerprint density at radius 2 is 1.89 bits per heavy atom. The van der Waals surface area contributed by atoms with E-state index in [0.29, 0.717) is 18.9 Å². The number of carbonyl (C=O) groups is 1. The molecule has 28 heavy (non-hydrogen) atoms. The first-order valence-corrected chi connectivity index (χ1v) is 9.95. The largest absolute Gasteiger partial charge is 0.356 e. The second kappa shape index (κ2) is 5.82. The first-order chi connectivity index (χ1) is 13.4. The van der Waals surface area contributed by atoms with Crippen molar-refractivity contribution >= 4 is 5.91 Å². The molecule has 4 nitrogen and oxygen atoms in total. The number of fused-ring (bicyclic) bond motifs is 5. The summed E-state index contributed by atoms with van der Waals surface area (Å²) in [4.78, 5) is 11.7. The average Bonchev–Trinajstić information content (AvgIpc) is 3.04. The van der Waals surface area contributed by atoms with E-state index in [1.165, 1.54) is 18.2 Å². The number of carbonyl (C=O) groups excluding carboxylic acids is 1. The molecule has 1 aromatic carbocycles. The van der Waals surface area contributed by atoms with Crippen molar-refractivity contribution in [3.8, 4) is 11.3 Å². The van der Waals surface area contributed by atoms with E-state index in [2.05, 4.69) is 29.4 Å². The number of amides is 1. The number of rotatable bonds is 2. The maximum absolute atomic E-state index is 14.3. The van der Waals surface area contributed by atoms with Crippen LogP contribution in [0.15, 0.2) is 24.3 Å². The Bertz CT molecular complexity index is 959. The zero-order valence-corrected chi connectivity index (χ0v) is 16.1. The van der Waals surface area contributed by atoms with Crippen LogP contribution in [0, 0.1) is 23.0 Å². The van der Waals surface area contributed by atoms with Crippen molar-refractivity contribution in [3.63, 3.8) is 0 Å². The number of hydrogen-bond acceptors (Lipinski definition) is 3. The van der Waals surface area contributed by atoms with E-state index in [-0.39, 0.29) is 33.9 Å². The topological polar surface area (TPSA) is 54.9 Å². The van der Waals surface area contributed by atoms with E-state index in [0.717, 1.165) is 30.5 Å². The Labute approximate surface area is 162 Å². The summed E-state index contributed by atoms with van der Waals surface area (Å²) in [6.07, 6.45) is 3.41. The highest BCUT2D eigenvalue weighted by Gasteiger charge is 2.66. The van der Waals surface area contributed by atoms with Crippen molar-refractivity contribution in [3.05, 3.63) is 47.2 Å². The van der Waals surface area contributed by atoms with Gasteiger partial charge in [-0.3, -0.25) is 4.79 Å². The van der Waals surface area contributed by atoms with Crippen LogP contribution in [0.25, 0.3) is 11.3 Å². The molecule has 146 valence electrons. The molecule has 3 atom stereocenters. The van der Waals surface area contributed by atoms with Gasteiger partial charge in [0.2, 0.25) is 5.91 Å². The molecular weight excluding hydrogens is 360 g/mol. The molecule has 5 rings (SSSR count). The second-order valence-corrected chi connectivity index (χ2v) is 8.95. The van der Waals surface area contributed by atoms with E-state index in [1.54, 1.807) is 0 Å². The number of benzene rings is 1. The van der Waals surface area contributed by atoms with Gasteiger partial charge in [-0.25, -0.2) is 8.78 Å². The summed E-state index contributed by atoms with van der Waals surface area (Å²) < 4.78 is 28.6. The predicted octanol–water partition coefficient (Wildman–Crippen LogP) is 4.10. The van der Waals surface area contributed by atoms with Crippen molar-refractivity contribution in [2.24, 2.45) is 11.3 Å². The van der Waals surface area contributed by atoms with Crippen molar-refractivity contribution in [1.82, 2.24) is 15.5 Å². The van der Waals surface area contributed by atoms with Crippen molar-refractivity contribution < 1.29 is 13.6 Å². The molecule has 1 amide bonds. The number of piperidine rings is 1. The maximum Gasteiger partial charge on any atom is 0.220 e. The van der Waals surface area contributed by atoms with E-state index < -0.39 is 11.6 Å². The minimum atomic E-state index is -0.624. The Balaban J connectivity index is 1.64. The van der Waals surface area contributed by atoms with Gasteiger partial charge in [-0.05, 0) is 60.3 Å². The molecule has 1 aliphatic heterocycles. The van der Waals surface area contributed by atoms with Gasteiger partial charge in [0.15, 0.2) is 0 Å². The third-order valence-electron chi connectivity index (χ3n) is 7.65. The lowest BCUT2D eigenvalue weighted by atomic mass is 9.59. The molecule has 2 aliphatic carbocycles. The molecule has 0 radical (unpaired) electrons. The van der Waals surface area contributed by atoms with Gasteiger partial charge >= 0.3 is 0 Å². The third-order valence-corrected chi connectivity index (χ3v) is 7.65. The lowest BCUT2D eigenvalue weighted by Crippen LogP contribution is -2.50. The van der Waals surface area contributed by atoms with Crippen LogP contribution >= 0.6 is 0 Å². The summed E-state index contributed by atoms with van der Waals surface area (Å²) in [6.45, 7) is 5.19. The maximum atomic E-state index is 14.3. The molecule has 1 aromatic heterocycles. The summed E-state index contributed by atoms with van der Waals surface area (Å²) in [6, 6.07) is 5.69. The van der Waals surface area contributed by atoms with Crippen LogP contribution in [-0.4, -0.2) is 22.6 Å². The fourth-order valence-electron chi connectivity index (χ4n) is 6.29. The number of nitrogens with zero attached hydrogens (tertiary/aromatic N) is 2. The SMILES string of the molecule is CC1(C)[C@H]2CC[C@]1(C1CCC(=O)NC1)c1nnc(-c3c(F)cccc3F)cc12. The quantitative estimate of drug-likeness (QED) is 0.849. The Kier molecular flexibility index (Phi) is 3.68. The molecule has 1 saturated heterocycles. The molecule has 2 heterocycles. The van der Waals surface area contributed by atoms with Crippen LogP contribution in [0.5, 0.6) is 0 Å². The molecule has 1 N–H and O–H groups in total. The van der Waals surface area contributed by atoms with Crippen LogP contribution in [0.1, 0.15) is 56.7 Å². The van der Waals surface area contributed by atoms with E-state index in [1.807, 2.05) is 6.07 Å². The van der Waals surface area contributed by atoms with E-state index >= 15 is 0 Å². The minimum Gasteiger partial charge on any atom is -0.356 e. The fourth-order valence-corrected chi connectivity index (χ4v) is 6.29. The zero-order chi connectivity index (χ0) is 19.7. The summed E-state index contributed by atoms with van der Waals surface area (Å²) in [5, 5.41) is 11.9. The number of halogens is 2. The number of aromatic nitrogens is 2. The molecule has 1 saturated carbocycles. The summed E-state index contributed by atoms with van der Waals surface area (Å²) in [5.41, 5.74) is 1.99. The van der Waals surface area contributed by atoms with Gasteiger partial charge in [0.25, 0.3) is 0 Å². The third kappa shape index (κ3) is 2.12. The smallest absolute Gasteiger partial charge is 0.220 e. The molecule has 1 unspecified atom stereocenters. The molecule has 2 fully saturated rings. The monoisotopic (exact) mass is 383 g/mol. The van der Waals surface area contributed by atoms with Gasteiger partial charge in [0, 0.05) is 18.4 Å². The van der Waals surface area contributed by atoms with Crippen LogP contribution in [0.2, 0.25) is 0 Å². The van der Waals surface area contributed by atoms with Crippen molar-refractivity contribution in [1.29, 1.82) is 0 Å². The summed E-state index contributed by atoms with van der Waals surface area (Å²) >= 11 is 0. The second-order valence-electron chi connectivity index (χ2n) is 8.95. The predicted molar refractivity (Wildman–Crippen MR) is 101 cm³/mol. The van der Waals surface area contributed by atoms with Gasteiger partial charge in [-0.2, -0.15) is 10.2 Å². The number of hydrogen-bond donors (Lipinski definition) is 1. The first kappa shape index (κ1) is 17.7. The Morgan fingerprint density at radius 3 is 2.57 bits per heavy atom. The zero-order valence-electron chi connectivity index (χ0n) is 16.1. The molecule has 2 bridgehead atoms. The van der Waals surface area contributed by atoms with E-state index in [4.69, 9.17) is 0 Å². The highest BCUT2D eigenvalue weighted by Crippen LogP contribution is 2.70. The highest BCUT2D eigenvalue weighted by atomic mass is 19.1. The van der Waals surface area contributed by atoms with Gasteiger partial charge in [0.05, 0.1) is 17.0 Å². The fraction of sp³-hybridized carbons (Fsp3) is 0.500. The van der Waals surface area contributed by atoms with Crippen LogP contribution in [0.3, 0.4) is 0 Å². The first-order valence-electron chi connectivity index (χ1n) is 9.95. The Hall–Kier alpha value is -2.37. The van der Waals surface area contributed by atoms with Crippen LogP contribution in [-0.2, 0) is 10.2 Å². The molecule has 3 aliphatic rings. The molecular formula is C22H23F2N3O. The minimum absolute atomic E-state index is 0.0385. The lowest BCUT2D eigenvalue weighted by Gasteiger charge is -2.45. The lowest BCUT2D eigenvalue weighted by molar-refractivity contribution is -0.123. The highest BCUT2D eigenvalue weighted by molar-refractivity contribution is 5.76. The van der Waals surface area contributed by atoms with Crippen LogP contribution in [0.4, 0.5) is 8.78 Å². The van der Waals surface area contributed by atoms with Crippen molar-refractivity contribution in [2.75, 3.05) is 6.54 Å². The van der Waals surface area contributed by atoms with Crippen LogP contribution < -0.4 is 5.32 Å². The van der Waals surface area contributed by atoms with Crippen molar-refractivity contribution in [2.45, 2.75) is 50.9 Å². The molecule has 2 aromatic rings. The number of nitrogens with one attached hydrogen (secondary N) is 1. The molecule has 6 heteroatoms.